The molecule has 2 nitrogen and oxygen atoms in total. The minimum atomic E-state index is 0.299. The molecule has 0 amide bonds. The molecule has 74 valence electrons. The second-order valence-electron chi connectivity index (χ2n) is 3.29. The summed E-state index contributed by atoms with van der Waals surface area (Å²) >= 11 is 5.61. The molecule has 0 fully saturated rings. The van der Waals surface area contributed by atoms with Crippen molar-refractivity contribution in [1.29, 1.82) is 0 Å². The maximum absolute atomic E-state index is 5.61. The first-order valence-electron chi connectivity index (χ1n) is 4.50. The third kappa shape index (κ3) is 6.89. The Kier molecular flexibility index (Phi) is 7.98. The summed E-state index contributed by atoms with van der Waals surface area (Å²) in [6, 6.07) is 0. The third-order valence-electron chi connectivity index (χ3n) is 1.93. The van der Waals surface area contributed by atoms with Gasteiger partial charge in [0.2, 0.25) is 0 Å². The van der Waals surface area contributed by atoms with Crippen molar-refractivity contribution in [3.63, 3.8) is 0 Å². The zero-order valence-corrected chi connectivity index (χ0v) is 9.03. The van der Waals surface area contributed by atoms with E-state index in [9.17, 15) is 0 Å². The van der Waals surface area contributed by atoms with Crippen LogP contribution in [0.3, 0.4) is 0 Å². The molecule has 0 aliphatic carbocycles. The highest BCUT2D eigenvalue weighted by Crippen LogP contribution is 2.00. The Morgan fingerprint density at radius 1 is 1.33 bits per heavy atom. The van der Waals surface area contributed by atoms with Crippen LogP contribution in [0.25, 0.3) is 0 Å². The lowest BCUT2D eigenvalue weighted by molar-refractivity contribution is 0.116. The van der Waals surface area contributed by atoms with E-state index in [1.165, 1.54) is 0 Å². The summed E-state index contributed by atoms with van der Waals surface area (Å²) in [6.45, 7) is 6.20. The van der Waals surface area contributed by atoms with Gasteiger partial charge < -0.3 is 10.1 Å². The molecule has 2 unspecified atom stereocenters. The molecule has 3 heteroatoms. The van der Waals surface area contributed by atoms with Crippen molar-refractivity contribution in [2.24, 2.45) is 5.92 Å². The van der Waals surface area contributed by atoms with Gasteiger partial charge >= 0.3 is 0 Å². The van der Waals surface area contributed by atoms with Gasteiger partial charge in [0.1, 0.15) is 0 Å². The molecule has 0 rings (SSSR count). The van der Waals surface area contributed by atoms with Crippen LogP contribution < -0.4 is 5.32 Å². The molecule has 0 aliphatic heterocycles. The van der Waals surface area contributed by atoms with E-state index in [-0.39, 0.29) is 0 Å². The molecular formula is C9H20ClNO. The normalized spacial score (nSPS) is 16.0. The summed E-state index contributed by atoms with van der Waals surface area (Å²) in [5.41, 5.74) is 0. The number of halogens is 1. The number of hydrogen-bond donors (Lipinski definition) is 1. The highest BCUT2D eigenvalue weighted by molar-refractivity contribution is 6.17. The van der Waals surface area contributed by atoms with Gasteiger partial charge in [0.05, 0.1) is 6.10 Å². The van der Waals surface area contributed by atoms with Crippen molar-refractivity contribution >= 4 is 11.6 Å². The predicted molar refractivity (Wildman–Crippen MR) is 53.8 cm³/mol. The van der Waals surface area contributed by atoms with E-state index in [0.717, 1.165) is 25.4 Å². The number of nitrogens with one attached hydrogen (secondary N) is 1. The number of methoxy groups -OCH3 is 1. The van der Waals surface area contributed by atoms with Gasteiger partial charge in [-0.05, 0) is 25.8 Å². The van der Waals surface area contributed by atoms with Crippen molar-refractivity contribution < 1.29 is 4.74 Å². The molecule has 0 spiro atoms. The SMILES string of the molecule is COC(C)CNCC(C)CCCl. The molecule has 0 aromatic carbocycles. The second kappa shape index (κ2) is 7.84. The van der Waals surface area contributed by atoms with E-state index >= 15 is 0 Å². The average Bonchev–Trinajstić information content (AvgIpc) is 2.04. The maximum Gasteiger partial charge on any atom is 0.0667 e. The van der Waals surface area contributed by atoms with E-state index in [1.807, 2.05) is 0 Å². The Morgan fingerprint density at radius 2 is 2.00 bits per heavy atom. The first-order valence-corrected chi connectivity index (χ1v) is 5.03. The number of rotatable bonds is 7. The van der Waals surface area contributed by atoms with Crippen molar-refractivity contribution in [2.45, 2.75) is 26.4 Å². The Hall–Kier alpha value is 0.210. The van der Waals surface area contributed by atoms with E-state index in [1.54, 1.807) is 7.11 Å². The Morgan fingerprint density at radius 3 is 2.50 bits per heavy atom. The zero-order valence-electron chi connectivity index (χ0n) is 8.27. The summed E-state index contributed by atoms with van der Waals surface area (Å²) in [6.07, 6.45) is 1.38. The molecule has 0 radical (unpaired) electrons. The van der Waals surface area contributed by atoms with Crippen LogP contribution in [0.5, 0.6) is 0 Å². The highest BCUT2D eigenvalue weighted by Gasteiger charge is 2.02. The van der Waals surface area contributed by atoms with Crippen LogP contribution in [0.4, 0.5) is 0 Å². The number of hydrogen-bond acceptors (Lipinski definition) is 2. The molecule has 0 heterocycles. The summed E-state index contributed by atoms with van der Waals surface area (Å²) < 4.78 is 5.10. The van der Waals surface area contributed by atoms with Crippen LogP contribution in [0.2, 0.25) is 0 Å². The van der Waals surface area contributed by atoms with Crippen molar-refractivity contribution in [3.8, 4) is 0 Å². The molecule has 12 heavy (non-hydrogen) atoms. The maximum atomic E-state index is 5.61. The van der Waals surface area contributed by atoms with Gasteiger partial charge in [0, 0.05) is 19.5 Å². The van der Waals surface area contributed by atoms with E-state index in [2.05, 4.69) is 19.2 Å². The number of ether oxygens (including phenoxy) is 1. The monoisotopic (exact) mass is 193 g/mol. The summed E-state index contributed by atoms with van der Waals surface area (Å²) in [4.78, 5) is 0. The summed E-state index contributed by atoms with van der Waals surface area (Å²) in [5, 5.41) is 3.34. The third-order valence-corrected chi connectivity index (χ3v) is 2.15. The van der Waals surface area contributed by atoms with E-state index < -0.39 is 0 Å². The lowest BCUT2D eigenvalue weighted by atomic mass is 10.1. The minimum absolute atomic E-state index is 0.299. The lowest BCUT2D eigenvalue weighted by Gasteiger charge is -2.13. The van der Waals surface area contributed by atoms with Gasteiger partial charge in [-0.1, -0.05) is 6.92 Å². The van der Waals surface area contributed by atoms with Gasteiger partial charge in [-0.25, -0.2) is 0 Å². The smallest absolute Gasteiger partial charge is 0.0667 e. The van der Waals surface area contributed by atoms with Gasteiger partial charge in [-0.15, -0.1) is 11.6 Å². The van der Waals surface area contributed by atoms with Crippen molar-refractivity contribution in [2.75, 3.05) is 26.1 Å². The molecule has 0 bridgehead atoms. The molecular weight excluding hydrogens is 174 g/mol. The zero-order chi connectivity index (χ0) is 9.40. The summed E-state index contributed by atoms with van der Waals surface area (Å²) in [7, 11) is 1.73. The first-order chi connectivity index (χ1) is 5.70. The average molecular weight is 194 g/mol. The van der Waals surface area contributed by atoms with Crippen LogP contribution in [-0.2, 0) is 4.74 Å². The fourth-order valence-corrected chi connectivity index (χ4v) is 1.28. The Labute approximate surface area is 80.6 Å². The first kappa shape index (κ1) is 12.2. The van der Waals surface area contributed by atoms with Crippen LogP contribution in [-0.4, -0.2) is 32.2 Å². The molecule has 0 aliphatic rings. The topological polar surface area (TPSA) is 21.3 Å². The lowest BCUT2D eigenvalue weighted by Crippen LogP contribution is -2.29. The molecule has 1 N–H and O–H groups in total. The number of alkyl halides is 1. The molecule has 0 saturated heterocycles. The molecule has 2 atom stereocenters. The Balaban J connectivity index is 3.18. The Bertz CT molecular complexity index is 101. The van der Waals surface area contributed by atoms with E-state index in [0.29, 0.717) is 12.0 Å². The fourth-order valence-electron chi connectivity index (χ4n) is 0.905. The van der Waals surface area contributed by atoms with Gasteiger partial charge in [-0.3, -0.25) is 0 Å². The van der Waals surface area contributed by atoms with Crippen molar-refractivity contribution in [3.05, 3.63) is 0 Å². The van der Waals surface area contributed by atoms with Gasteiger partial charge in [0.25, 0.3) is 0 Å². The largest absolute Gasteiger partial charge is 0.380 e. The molecule has 0 saturated carbocycles. The van der Waals surface area contributed by atoms with Crippen LogP contribution in [0.1, 0.15) is 20.3 Å². The quantitative estimate of drug-likeness (QED) is 0.624. The standard InChI is InChI=1S/C9H20ClNO/c1-8(4-5-10)6-11-7-9(2)12-3/h8-9,11H,4-7H2,1-3H3. The predicted octanol–water partition coefficient (Wildman–Crippen LogP) is 1.88. The summed E-state index contributed by atoms with van der Waals surface area (Å²) in [5.74, 6) is 1.41. The van der Waals surface area contributed by atoms with Crippen molar-refractivity contribution in [1.82, 2.24) is 5.32 Å². The van der Waals surface area contributed by atoms with Crippen LogP contribution in [0, 0.1) is 5.92 Å². The van der Waals surface area contributed by atoms with Gasteiger partial charge in [0.15, 0.2) is 0 Å². The minimum Gasteiger partial charge on any atom is -0.380 e. The fraction of sp³-hybridized carbons (Fsp3) is 1.00. The second-order valence-corrected chi connectivity index (χ2v) is 3.67. The highest BCUT2D eigenvalue weighted by atomic mass is 35.5. The van der Waals surface area contributed by atoms with Crippen LogP contribution in [0.15, 0.2) is 0 Å². The molecule has 0 aromatic heterocycles. The molecule has 0 aromatic rings. The van der Waals surface area contributed by atoms with Gasteiger partial charge in [-0.2, -0.15) is 0 Å². The van der Waals surface area contributed by atoms with E-state index in [4.69, 9.17) is 16.3 Å². The van der Waals surface area contributed by atoms with Crippen LogP contribution >= 0.6 is 11.6 Å².